The van der Waals surface area contributed by atoms with Gasteiger partial charge in [0.05, 0.1) is 29.1 Å². The van der Waals surface area contributed by atoms with E-state index in [1.54, 1.807) is 32.0 Å². The highest BCUT2D eigenvalue weighted by molar-refractivity contribution is 6.31. The Labute approximate surface area is 212 Å². The number of nitrogens with one attached hydrogen (secondary N) is 1. The summed E-state index contributed by atoms with van der Waals surface area (Å²) in [6.07, 6.45) is 1.75. The van der Waals surface area contributed by atoms with E-state index in [2.05, 4.69) is 15.4 Å². The molecule has 0 aliphatic rings. The second-order valence-electron chi connectivity index (χ2n) is 8.39. The van der Waals surface area contributed by atoms with E-state index >= 15 is 0 Å². The molecule has 0 aliphatic carbocycles. The molecule has 36 heavy (non-hydrogen) atoms. The monoisotopic (exact) mass is 514 g/mol. The van der Waals surface area contributed by atoms with Gasteiger partial charge in [-0.1, -0.05) is 23.7 Å². The van der Waals surface area contributed by atoms with Gasteiger partial charge in [-0.2, -0.15) is 5.10 Å². The third kappa shape index (κ3) is 5.32. The standard InChI is InChI=1S/C26H25ClF2N4O3/c1-14-8-23(33-12-18(29)11-30-33)19-6-5-7-24(25(19)31-14)36-13-21-20(9-17(28)10-22(21)27)15(2)32-26(34)16(3)35-4/h5-12,15-16H,13H2,1-4H3,(H,32,34)/t15-,16+/m0/s1. The van der Waals surface area contributed by atoms with Gasteiger partial charge in [-0.05, 0) is 50.6 Å². The molecular weight excluding hydrogens is 490 g/mol. The largest absolute Gasteiger partial charge is 0.487 e. The molecule has 188 valence electrons. The minimum atomic E-state index is -0.668. The van der Waals surface area contributed by atoms with E-state index in [1.165, 1.54) is 30.1 Å². The van der Waals surface area contributed by atoms with E-state index in [-0.39, 0.29) is 17.5 Å². The van der Waals surface area contributed by atoms with Crippen LogP contribution in [0.2, 0.25) is 5.02 Å². The summed E-state index contributed by atoms with van der Waals surface area (Å²) in [7, 11) is 1.43. The second-order valence-corrected chi connectivity index (χ2v) is 8.80. The Balaban J connectivity index is 1.68. The summed E-state index contributed by atoms with van der Waals surface area (Å²) in [4.78, 5) is 16.9. The number of amides is 1. The number of hydrogen-bond acceptors (Lipinski definition) is 5. The van der Waals surface area contributed by atoms with Crippen LogP contribution < -0.4 is 10.1 Å². The van der Waals surface area contributed by atoms with Crippen LogP contribution in [0, 0.1) is 18.6 Å². The van der Waals surface area contributed by atoms with Gasteiger partial charge in [0, 0.05) is 23.8 Å². The molecule has 0 radical (unpaired) electrons. The Kier molecular flexibility index (Phi) is 7.51. The zero-order valence-corrected chi connectivity index (χ0v) is 20.9. The van der Waals surface area contributed by atoms with Crippen LogP contribution in [0.25, 0.3) is 16.6 Å². The third-order valence-electron chi connectivity index (χ3n) is 5.82. The van der Waals surface area contributed by atoms with Gasteiger partial charge in [0.15, 0.2) is 5.82 Å². The zero-order valence-electron chi connectivity index (χ0n) is 20.2. The second kappa shape index (κ2) is 10.6. The number of carbonyl (C=O) groups is 1. The van der Waals surface area contributed by atoms with E-state index in [4.69, 9.17) is 21.1 Å². The third-order valence-corrected chi connectivity index (χ3v) is 6.16. The number of carbonyl (C=O) groups excluding carboxylic acids is 1. The van der Waals surface area contributed by atoms with Gasteiger partial charge in [-0.3, -0.25) is 4.79 Å². The van der Waals surface area contributed by atoms with Gasteiger partial charge < -0.3 is 14.8 Å². The molecular formula is C26H25ClF2N4O3. The van der Waals surface area contributed by atoms with Gasteiger partial charge in [0.25, 0.3) is 0 Å². The van der Waals surface area contributed by atoms with E-state index < -0.39 is 23.8 Å². The van der Waals surface area contributed by atoms with E-state index in [0.29, 0.717) is 39.2 Å². The summed E-state index contributed by atoms with van der Waals surface area (Å²) in [5.74, 6) is -0.863. The van der Waals surface area contributed by atoms with Crippen molar-refractivity contribution in [2.45, 2.75) is 39.5 Å². The van der Waals surface area contributed by atoms with Crippen molar-refractivity contribution in [2.24, 2.45) is 0 Å². The summed E-state index contributed by atoms with van der Waals surface area (Å²) in [5, 5.41) is 7.76. The summed E-state index contributed by atoms with van der Waals surface area (Å²) in [6, 6.07) is 9.16. The number of ether oxygens (including phenoxy) is 2. The molecule has 0 saturated heterocycles. The molecule has 2 atom stereocenters. The summed E-state index contributed by atoms with van der Waals surface area (Å²) in [6.45, 7) is 5.16. The SMILES string of the molecule is CO[C@H](C)C(=O)N[C@@H](C)c1cc(F)cc(Cl)c1COc1cccc2c(-n3cc(F)cn3)cc(C)nc12. The Morgan fingerprint density at radius 1 is 1.19 bits per heavy atom. The highest BCUT2D eigenvalue weighted by Crippen LogP contribution is 2.32. The molecule has 0 unspecified atom stereocenters. The minimum Gasteiger partial charge on any atom is -0.487 e. The lowest BCUT2D eigenvalue weighted by molar-refractivity contribution is -0.130. The average Bonchev–Trinajstić information content (AvgIpc) is 3.28. The molecule has 2 aromatic heterocycles. The van der Waals surface area contributed by atoms with Crippen LogP contribution in [0.3, 0.4) is 0 Å². The van der Waals surface area contributed by atoms with Crippen LogP contribution in [0.5, 0.6) is 5.75 Å². The molecule has 7 nitrogen and oxygen atoms in total. The molecule has 0 fully saturated rings. The van der Waals surface area contributed by atoms with Crippen molar-refractivity contribution < 1.29 is 23.0 Å². The fraction of sp³-hybridized carbons (Fsp3) is 0.269. The van der Waals surface area contributed by atoms with Crippen molar-refractivity contribution in [3.8, 4) is 11.4 Å². The minimum absolute atomic E-state index is 0.00500. The first-order valence-electron chi connectivity index (χ1n) is 11.2. The Hall–Kier alpha value is -3.56. The topological polar surface area (TPSA) is 78.3 Å². The lowest BCUT2D eigenvalue weighted by Gasteiger charge is -2.21. The van der Waals surface area contributed by atoms with E-state index in [9.17, 15) is 13.6 Å². The predicted molar refractivity (Wildman–Crippen MR) is 132 cm³/mol. The fourth-order valence-electron chi connectivity index (χ4n) is 3.89. The number of methoxy groups -OCH3 is 1. The molecule has 0 saturated carbocycles. The number of halogens is 3. The number of aromatic nitrogens is 3. The number of hydrogen-bond donors (Lipinski definition) is 1. The summed E-state index contributed by atoms with van der Waals surface area (Å²) >= 11 is 6.40. The first kappa shape index (κ1) is 25.5. The van der Waals surface area contributed by atoms with Crippen LogP contribution in [0.15, 0.2) is 48.8 Å². The number of pyridine rings is 1. The van der Waals surface area contributed by atoms with Crippen molar-refractivity contribution in [3.63, 3.8) is 0 Å². The van der Waals surface area contributed by atoms with E-state index in [0.717, 1.165) is 6.20 Å². The Bertz CT molecular complexity index is 1430. The molecule has 0 spiro atoms. The van der Waals surface area contributed by atoms with Gasteiger partial charge in [-0.15, -0.1) is 0 Å². The maximum absolute atomic E-state index is 14.2. The Morgan fingerprint density at radius 3 is 2.67 bits per heavy atom. The number of fused-ring (bicyclic) bond motifs is 1. The van der Waals surface area contributed by atoms with Crippen LogP contribution in [-0.4, -0.2) is 33.9 Å². The van der Waals surface area contributed by atoms with Crippen LogP contribution >= 0.6 is 11.6 Å². The number of nitrogens with zero attached hydrogens (tertiary/aromatic N) is 3. The highest BCUT2D eigenvalue weighted by Gasteiger charge is 2.21. The van der Waals surface area contributed by atoms with Crippen molar-refractivity contribution in [3.05, 3.63) is 82.3 Å². The molecule has 10 heteroatoms. The smallest absolute Gasteiger partial charge is 0.249 e. The lowest BCUT2D eigenvalue weighted by atomic mass is 10.0. The zero-order chi connectivity index (χ0) is 26.0. The average molecular weight is 515 g/mol. The van der Waals surface area contributed by atoms with Gasteiger partial charge in [-0.25, -0.2) is 18.4 Å². The molecule has 2 aromatic carbocycles. The highest BCUT2D eigenvalue weighted by atomic mass is 35.5. The number of para-hydroxylation sites is 1. The van der Waals surface area contributed by atoms with Crippen molar-refractivity contribution >= 4 is 28.4 Å². The number of benzene rings is 2. The van der Waals surface area contributed by atoms with Crippen LogP contribution in [0.1, 0.15) is 36.7 Å². The summed E-state index contributed by atoms with van der Waals surface area (Å²) in [5.41, 5.74) is 2.90. The van der Waals surface area contributed by atoms with Gasteiger partial charge in [0.1, 0.15) is 29.8 Å². The summed E-state index contributed by atoms with van der Waals surface area (Å²) < 4.78 is 40.5. The normalized spacial score (nSPS) is 13.0. The molecule has 0 bridgehead atoms. The van der Waals surface area contributed by atoms with Crippen LogP contribution in [0.4, 0.5) is 8.78 Å². The molecule has 0 aliphatic heterocycles. The maximum atomic E-state index is 14.2. The molecule has 2 heterocycles. The van der Waals surface area contributed by atoms with Gasteiger partial charge in [0.2, 0.25) is 5.91 Å². The first-order chi connectivity index (χ1) is 17.2. The Morgan fingerprint density at radius 2 is 1.97 bits per heavy atom. The fourth-order valence-corrected chi connectivity index (χ4v) is 4.16. The lowest BCUT2D eigenvalue weighted by Crippen LogP contribution is -2.36. The van der Waals surface area contributed by atoms with Crippen molar-refractivity contribution in [1.82, 2.24) is 20.1 Å². The predicted octanol–water partition coefficient (Wildman–Crippen LogP) is 5.45. The van der Waals surface area contributed by atoms with Crippen molar-refractivity contribution in [1.29, 1.82) is 0 Å². The number of aryl methyl sites for hydroxylation is 1. The molecule has 4 aromatic rings. The van der Waals surface area contributed by atoms with E-state index in [1.807, 2.05) is 13.0 Å². The van der Waals surface area contributed by atoms with Crippen LogP contribution in [-0.2, 0) is 16.1 Å². The number of rotatable bonds is 8. The molecule has 4 rings (SSSR count). The first-order valence-corrected chi connectivity index (χ1v) is 11.6. The quantitative estimate of drug-likeness (QED) is 0.338. The molecule has 1 amide bonds. The maximum Gasteiger partial charge on any atom is 0.249 e. The molecule has 1 N–H and O–H groups in total. The van der Waals surface area contributed by atoms with Gasteiger partial charge >= 0.3 is 0 Å². The van der Waals surface area contributed by atoms with Crippen molar-refractivity contribution in [2.75, 3.05) is 7.11 Å².